The van der Waals surface area contributed by atoms with E-state index in [-0.39, 0.29) is 29.9 Å². The number of hydrogen-bond donors (Lipinski definition) is 1. The highest BCUT2D eigenvalue weighted by Gasteiger charge is 2.31. The van der Waals surface area contributed by atoms with Crippen molar-refractivity contribution in [3.63, 3.8) is 0 Å². The molecule has 2 aliphatic rings. The zero-order valence-electron chi connectivity index (χ0n) is 17.7. The van der Waals surface area contributed by atoms with Gasteiger partial charge in [-0.05, 0) is 55.0 Å². The predicted octanol–water partition coefficient (Wildman–Crippen LogP) is 4.14. The molecule has 0 spiro atoms. The monoisotopic (exact) mass is 465 g/mol. The van der Waals surface area contributed by atoms with Crippen LogP contribution in [0.25, 0.3) is 0 Å². The summed E-state index contributed by atoms with van der Waals surface area (Å²) in [4.78, 5) is 31.8. The van der Waals surface area contributed by atoms with E-state index in [4.69, 9.17) is 25.8 Å². The van der Waals surface area contributed by atoms with Gasteiger partial charge in [-0.25, -0.2) is 4.98 Å². The highest BCUT2D eigenvalue weighted by atomic mass is 35.5. The number of nitrogens with zero attached hydrogens (tertiary/aromatic N) is 2. The van der Waals surface area contributed by atoms with Crippen molar-refractivity contribution in [3.05, 3.63) is 70.9 Å². The molecule has 3 heterocycles. The van der Waals surface area contributed by atoms with Crippen molar-refractivity contribution in [1.29, 1.82) is 0 Å². The fourth-order valence-electron chi connectivity index (χ4n) is 3.78. The van der Waals surface area contributed by atoms with Gasteiger partial charge >= 0.3 is 0 Å². The molecule has 0 unspecified atom stereocenters. The van der Waals surface area contributed by atoms with Gasteiger partial charge in [0.25, 0.3) is 5.91 Å². The molecule has 2 amide bonds. The molecule has 3 aromatic rings. The first-order chi connectivity index (χ1) is 16.0. The fourth-order valence-corrected chi connectivity index (χ4v) is 3.95. The van der Waals surface area contributed by atoms with Gasteiger partial charge in [0.2, 0.25) is 11.8 Å². The average molecular weight is 466 g/mol. The molecule has 1 N–H and O–H groups in total. The lowest BCUT2D eigenvalue weighted by Gasteiger charge is -2.24. The third-order valence-electron chi connectivity index (χ3n) is 5.41. The van der Waals surface area contributed by atoms with Gasteiger partial charge in [0, 0.05) is 11.2 Å². The van der Waals surface area contributed by atoms with E-state index in [1.165, 1.54) is 4.90 Å². The Kier molecular flexibility index (Phi) is 5.51. The second-order valence-corrected chi connectivity index (χ2v) is 8.09. The molecule has 0 radical (unpaired) electrons. The van der Waals surface area contributed by atoms with Crippen LogP contribution in [0.2, 0.25) is 5.02 Å². The van der Waals surface area contributed by atoms with Gasteiger partial charge in [0.05, 0.1) is 11.7 Å². The number of carbonyl (C=O) groups excluding carboxylic acids is 2. The quantitative estimate of drug-likeness (QED) is 0.623. The third-order valence-corrected chi connectivity index (χ3v) is 5.65. The van der Waals surface area contributed by atoms with Crippen molar-refractivity contribution >= 4 is 29.1 Å². The number of benzene rings is 2. The molecule has 2 aromatic carbocycles. The molecule has 8 nitrogen and oxygen atoms in total. The van der Waals surface area contributed by atoms with Gasteiger partial charge in [-0.2, -0.15) is 0 Å². The van der Waals surface area contributed by atoms with Crippen LogP contribution in [0.3, 0.4) is 0 Å². The second-order valence-electron chi connectivity index (χ2n) is 7.65. The second kappa shape index (κ2) is 8.63. The van der Waals surface area contributed by atoms with Crippen LogP contribution in [0.4, 0.5) is 5.69 Å². The Hall–Kier alpha value is -3.78. The molecule has 0 bridgehead atoms. The first kappa shape index (κ1) is 21.1. The maximum atomic E-state index is 13.3. The number of amides is 2. The molecule has 1 atom stereocenters. The number of anilines is 1. The van der Waals surface area contributed by atoms with Crippen LogP contribution in [0, 0.1) is 0 Å². The summed E-state index contributed by atoms with van der Waals surface area (Å²) in [6.45, 7) is 2.63. The van der Waals surface area contributed by atoms with Crippen molar-refractivity contribution in [1.82, 2.24) is 10.3 Å². The van der Waals surface area contributed by atoms with E-state index in [9.17, 15) is 9.59 Å². The molecule has 33 heavy (non-hydrogen) atoms. The van der Waals surface area contributed by atoms with E-state index >= 15 is 0 Å². The van der Waals surface area contributed by atoms with Crippen LogP contribution in [-0.4, -0.2) is 36.6 Å². The van der Waals surface area contributed by atoms with Gasteiger partial charge in [0.15, 0.2) is 17.2 Å². The molecule has 9 heteroatoms. The summed E-state index contributed by atoms with van der Waals surface area (Å²) >= 11 is 6.18. The van der Waals surface area contributed by atoms with Crippen LogP contribution in [-0.2, 0) is 4.79 Å². The van der Waals surface area contributed by atoms with Crippen molar-refractivity contribution < 1.29 is 23.8 Å². The van der Waals surface area contributed by atoms with E-state index < -0.39 is 5.91 Å². The van der Waals surface area contributed by atoms with Crippen LogP contribution in [0.15, 0.2) is 54.7 Å². The van der Waals surface area contributed by atoms with E-state index in [1.807, 2.05) is 25.1 Å². The van der Waals surface area contributed by atoms with Gasteiger partial charge in [0.1, 0.15) is 25.3 Å². The molecule has 0 saturated carbocycles. The maximum Gasteiger partial charge on any atom is 0.264 e. The Labute approximate surface area is 195 Å². The zero-order chi connectivity index (χ0) is 22.9. The average Bonchev–Trinajstić information content (AvgIpc) is 2.93. The van der Waals surface area contributed by atoms with Crippen molar-refractivity contribution in [3.8, 4) is 23.1 Å². The van der Waals surface area contributed by atoms with Crippen LogP contribution in [0.5, 0.6) is 23.1 Å². The molecule has 0 fully saturated rings. The minimum absolute atomic E-state index is 0.179. The summed E-state index contributed by atoms with van der Waals surface area (Å²) < 4.78 is 17.0. The summed E-state index contributed by atoms with van der Waals surface area (Å²) in [5.74, 6) is 1.15. The number of aromatic nitrogens is 1. The third kappa shape index (κ3) is 4.17. The highest BCUT2D eigenvalue weighted by molar-refractivity contribution is 6.31. The molecule has 168 valence electrons. The Morgan fingerprint density at radius 2 is 1.91 bits per heavy atom. The number of nitrogens with one attached hydrogen (secondary N) is 1. The number of rotatable bonds is 4. The van der Waals surface area contributed by atoms with Crippen molar-refractivity contribution in [2.45, 2.75) is 13.0 Å². The van der Waals surface area contributed by atoms with Crippen LogP contribution in [0.1, 0.15) is 28.9 Å². The Bertz CT molecular complexity index is 1250. The summed E-state index contributed by atoms with van der Waals surface area (Å²) in [6, 6.07) is 13.4. The van der Waals surface area contributed by atoms with Gasteiger partial charge in [-0.3, -0.25) is 14.5 Å². The molecular weight excluding hydrogens is 446 g/mol. The fraction of sp³-hybridized carbons (Fsp3) is 0.208. The Morgan fingerprint density at radius 3 is 2.76 bits per heavy atom. The number of carbonyl (C=O) groups is 2. The number of pyridine rings is 1. The topological polar surface area (TPSA) is 90.0 Å². The van der Waals surface area contributed by atoms with Crippen molar-refractivity contribution in [2.75, 3.05) is 24.7 Å². The van der Waals surface area contributed by atoms with Crippen LogP contribution < -0.4 is 24.4 Å². The summed E-state index contributed by atoms with van der Waals surface area (Å²) in [7, 11) is 0. The smallest absolute Gasteiger partial charge is 0.264 e. The summed E-state index contributed by atoms with van der Waals surface area (Å²) in [6.07, 6.45) is 1.54. The van der Waals surface area contributed by atoms with E-state index in [1.54, 1.807) is 36.5 Å². The lowest BCUT2D eigenvalue weighted by Crippen LogP contribution is -2.41. The summed E-state index contributed by atoms with van der Waals surface area (Å²) in [5, 5.41) is 3.36. The maximum absolute atomic E-state index is 13.3. The molecule has 5 rings (SSSR count). The predicted molar refractivity (Wildman–Crippen MR) is 121 cm³/mol. The van der Waals surface area contributed by atoms with Crippen molar-refractivity contribution in [2.24, 2.45) is 0 Å². The molecule has 0 aliphatic carbocycles. The van der Waals surface area contributed by atoms with Gasteiger partial charge < -0.3 is 19.5 Å². The minimum atomic E-state index is -0.402. The van der Waals surface area contributed by atoms with E-state index in [2.05, 4.69) is 10.3 Å². The first-order valence-electron chi connectivity index (χ1n) is 10.4. The molecule has 2 aliphatic heterocycles. The van der Waals surface area contributed by atoms with Crippen LogP contribution >= 0.6 is 11.6 Å². The number of hydrogen-bond acceptors (Lipinski definition) is 6. The number of ether oxygens (including phenoxy) is 3. The highest BCUT2D eigenvalue weighted by Crippen LogP contribution is 2.39. The number of halogens is 1. The minimum Gasteiger partial charge on any atom is -0.486 e. The SMILES string of the molecule is C[C@@H](NC(=O)CN1C(=O)c2cccnc2Oc2ccc(Cl)cc21)c1ccc2c(c1)OCCO2. The lowest BCUT2D eigenvalue weighted by atomic mass is 10.1. The Balaban J connectivity index is 1.39. The lowest BCUT2D eigenvalue weighted by molar-refractivity contribution is -0.120. The largest absolute Gasteiger partial charge is 0.486 e. The van der Waals surface area contributed by atoms with E-state index in [0.717, 1.165) is 5.56 Å². The number of fused-ring (bicyclic) bond motifs is 3. The van der Waals surface area contributed by atoms with Gasteiger partial charge in [-0.1, -0.05) is 17.7 Å². The van der Waals surface area contributed by atoms with E-state index in [0.29, 0.717) is 41.2 Å². The normalized spacial score (nSPS) is 15.0. The zero-order valence-corrected chi connectivity index (χ0v) is 18.5. The Morgan fingerprint density at radius 1 is 1.12 bits per heavy atom. The first-order valence-corrected chi connectivity index (χ1v) is 10.8. The molecule has 1 aromatic heterocycles. The molecular formula is C24H20ClN3O5. The molecule has 0 saturated heterocycles. The standard InChI is InChI=1S/C24H20ClN3O5/c1-14(15-4-6-20-21(11-15)32-10-9-31-20)27-22(29)13-28-18-12-16(25)5-7-19(18)33-23-17(24(28)30)3-2-8-26-23/h2-8,11-12,14H,9-10,13H2,1H3,(H,27,29)/t14-/m1/s1. The summed E-state index contributed by atoms with van der Waals surface area (Å²) in [5.41, 5.74) is 1.52. The van der Waals surface area contributed by atoms with Gasteiger partial charge in [-0.15, -0.1) is 0 Å².